The van der Waals surface area contributed by atoms with Crippen molar-refractivity contribution in [3.05, 3.63) is 0 Å². The van der Waals surface area contributed by atoms with E-state index in [1.165, 1.54) is 4.90 Å². The SMILES string of the molecule is CC1CCC(O)CC1N1C(=O)COCC1=O. The number of aliphatic hydroxyl groups excluding tert-OH is 1. The van der Waals surface area contributed by atoms with Crippen LogP contribution < -0.4 is 0 Å². The van der Waals surface area contributed by atoms with Crippen LogP contribution in [0.3, 0.4) is 0 Å². The summed E-state index contributed by atoms with van der Waals surface area (Å²) in [6.45, 7) is 1.97. The van der Waals surface area contributed by atoms with E-state index < -0.39 is 6.10 Å². The highest BCUT2D eigenvalue weighted by Crippen LogP contribution is 2.29. The monoisotopic (exact) mass is 227 g/mol. The summed E-state index contributed by atoms with van der Waals surface area (Å²) in [5.74, 6) is -0.293. The van der Waals surface area contributed by atoms with Gasteiger partial charge in [-0.1, -0.05) is 6.92 Å². The zero-order valence-corrected chi connectivity index (χ0v) is 9.39. The minimum Gasteiger partial charge on any atom is -0.393 e. The lowest BCUT2D eigenvalue weighted by Gasteiger charge is -2.40. The van der Waals surface area contributed by atoms with Crippen molar-refractivity contribution in [2.24, 2.45) is 5.92 Å². The first-order chi connectivity index (χ1) is 7.59. The fraction of sp³-hybridized carbons (Fsp3) is 0.818. The Bertz CT molecular complexity index is 288. The molecule has 1 heterocycles. The molecule has 1 saturated heterocycles. The molecule has 0 bridgehead atoms. The number of aliphatic hydroxyl groups is 1. The molecule has 5 heteroatoms. The van der Waals surface area contributed by atoms with Gasteiger partial charge in [0, 0.05) is 6.04 Å². The molecule has 3 unspecified atom stereocenters. The number of amides is 2. The number of ether oxygens (including phenoxy) is 1. The van der Waals surface area contributed by atoms with Crippen molar-refractivity contribution in [1.82, 2.24) is 4.90 Å². The molecule has 90 valence electrons. The maximum absolute atomic E-state index is 11.7. The van der Waals surface area contributed by atoms with E-state index in [4.69, 9.17) is 4.74 Å². The molecular weight excluding hydrogens is 210 g/mol. The molecular formula is C11H17NO4. The van der Waals surface area contributed by atoms with Crippen molar-refractivity contribution in [3.63, 3.8) is 0 Å². The van der Waals surface area contributed by atoms with Gasteiger partial charge in [-0.15, -0.1) is 0 Å². The number of imide groups is 1. The zero-order chi connectivity index (χ0) is 11.7. The molecule has 0 radical (unpaired) electrons. The van der Waals surface area contributed by atoms with Gasteiger partial charge in [0.1, 0.15) is 13.2 Å². The van der Waals surface area contributed by atoms with Gasteiger partial charge >= 0.3 is 0 Å². The Morgan fingerprint density at radius 2 is 1.88 bits per heavy atom. The lowest BCUT2D eigenvalue weighted by Crippen LogP contribution is -2.55. The minimum absolute atomic E-state index is 0.0228. The van der Waals surface area contributed by atoms with Crippen LogP contribution in [0.15, 0.2) is 0 Å². The van der Waals surface area contributed by atoms with Crippen molar-refractivity contribution >= 4 is 11.8 Å². The predicted octanol–water partition coefficient (Wildman–Crippen LogP) is -0.0787. The van der Waals surface area contributed by atoms with E-state index in [2.05, 4.69) is 0 Å². The molecule has 3 atom stereocenters. The summed E-state index contributed by atoms with van der Waals surface area (Å²) in [6, 6.07) is -0.160. The molecule has 1 N–H and O–H groups in total. The molecule has 0 aromatic heterocycles. The van der Waals surface area contributed by atoms with Gasteiger partial charge in [0.05, 0.1) is 6.10 Å². The summed E-state index contributed by atoms with van der Waals surface area (Å²) in [7, 11) is 0. The molecule has 1 aliphatic heterocycles. The van der Waals surface area contributed by atoms with Crippen LogP contribution in [0.1, 0.15) is 26.2 Å². The second kappa shape index (κ2) is 4.51. The lowest BCUT2D eigenvalue weighted by atomic mass is 9.83. The fourth-order valence-corrected chi connectivity index (χ4v) is 2.51. The van der Waals surface area contributed by atoms with Crippen LogP contribution in [0.4, 0.5) is 0 Å². The number of morpholine rings is 1. The highest BCUT2D eigenvalue weighted by Gasteiger charge is 2.38. The lowest BCUT2D eigenvalue weighted by molar-refractivity contribution is -0.164. The largest absolute Gasteiger partial charge is 0.393 e. The van der Waals surface area contributed by atoms with Crippen molar-refractivity contribution in [1.29, 1.82) is 0 Å². The van der Waals surface area contributed by atoms with Crippen LogP contribution in [-0.2, 0) is 14.3 Å². The Morgan fingerprint density at radius 3 is 2.50 bits per heavy atom. The van der Waals surface area contributed by atoms with E-state index in [-0.39, 0.29) is 37.0 Å². The second-order valence-electron chi connectivity index (χ2n) is 4.66. The molecule has 2 aliphatic rings. The summed E-state index contributed by atoms with van der Waals surface area (Å²) in [5, 5.41) is 9.62. The average molecular weight is 227 g/mol. The van der Waals surface area contributed by atoms with Gasteiger partial charge in [-0.3, -0.25) is 14.5 Å². The predicted molar refractivity (Wildman–Crippen MR) is 55.5 cm³/mol. The number of nitrogens with zero attached hydrogens (tertiary/aromatic N) is 1. The topological polar surface area (TPSA) is 66.8 Å². The molecule has 1 saturated carbocycles. The van der Waals surface area contributed by atoms with Gasteiger partial charge in [-0.2, -0.15) is 0 Å². The Labute approximate surface area is 94.4 Å². The van der Waals surface area contributed by atoms with Crippen molar-refractivity contribution in [2.75, 3.05) is 13.2 Å². The van der Waals surface area contributed by atoms with E-state index in [0.29, 0.717) is 6.42 Å². The van der Waals surface area contributed by atoms with Crippen LogP contribution in [-0.4, -0.2) is 47.2 Å². The van der Waals surface area contributed by atoms with Crippen LogP contribution >= 0.6 is 0 Å². The van der Waals surface area contributed by atoms with Gasteiger partial charge in [0.2, 0.25) is 0 Å². The number of carbonyl (C=O) groups excluding carboxylic acids is 2. The third kappa shape index (κ3) is 2.10. The minimum atomic E-state index is -0.398. The first kappa shape index (κ1) is 11.5. The third-order valence-electron chi connectivity index (χ3n) is 3.45. The highest BCUT2D eigenvalue weighted by atomic mass is 16.5. The molecule has 16 heavy (non-hydrogen) atoms. The Morgan fingerprint density at radius 1 is 1.25 bits per heavy atom. The quantitative estimate of drug-likeness (QED) is 0.636. The van der Waals surface area contributed by atoms with Crippen LogP contribution in [0.25, 0.3) is 0 Å². The molecule has 1 aliphatic carbocycles. The molecule has 2 amide bonds. The third-order valence-corrected chi connectivity index (χ3v) is 3.45. The first-order valence-electron chi connectivity index (χ1n) is 5.70. The van der Waals surface area contributed by atoms with Gasteiger partial charge in [-0.25, -0.2) is 0 Å². The van der Waals surface area contributed by atoms with E-state index in [1.807, 2.05) is 6.92 Å². The molecule has 2 fully saturated rings. The summed E-state index contributed by atoms with van der Waals surface area (Å²) < 4.78 is 4.87. The van der Waals surface area contributed by atoms with E-state index in [1.54, 1.807) is 0 Å². The number of rotatable bonds is 1. The standard InChI is InChI=1S/C11H17NO4/c1-7-2-3-8(13)4-9(7)12-10(14)5-16-6-11(12)15/h7-9,13H,2-6H2,1H3. The summed E-state index contributed by atoms with van der Waals surface area (Å²) in [4.78, 5) is 24.6. The van der Waals surface area contributed by atoms with E-state index >= 15 is 0 Å². The van der Waals surface area contributed by atoms with Crippen LogP contribution in [0.2, 0.25) is 0 Å². The maximum atomic E-state index is 11.7. The van der Waals surface area contributed by atoms with Gasteiger partial charge in [-0.05, 0) is 25.2 Å². The fourth-order valence-electron chi connectivity index (χ4n) is 2.51. The Balaban J connectivity index is 2.14. The number of hydrogen-bond acceptors (Lipinski definition) is 4. The van der Waals surface area contributed by atoms with Crippen molar-refractivity contribution < 1.29 is 19.4 Å². The summed E-state index contributed by atoms with van der Waals surface area (Å²) in [6.07, 6.45) is 1.71. The van der Waals surface area contributed by atoms with Gasteiger partial charge < -0.3 is 9.84 Å². The average Bonchev–Trinajstić information content (AvgIpc) is 2.23. The zero-order valence-electron chi connectivity index (χ0n) is 9.39. The summed E-state index contributed by atoms with van der Waals surface area (Å²) in [5.41, 5.74) is 0. The van der Waals surface area contributed by atoms with Crippen molar-refractivity contribution in [2.45, 2.75) is 38.3 Å². The van der Waals surface area contributed by atoms with Gasteiger partial charge in [0.15, 0.2) is 0 Å². The normalized spacial score (nSPS) is 36.6. The number of hydrogen-bond donors (Lipinski definition) is 1. The van der Waals surface area contributed by atoms with Crippen LogP contribution in [0.5, 0.6) is 0 Å². The van der Waals surface area contributed by atoms with Crippen molar-refractivity contribution in [3.8, 4) is 0 Å². The molecule has 0 aromatic rings. The van der Waals surface area contributed by atoms with Crippen LogP contribution in [0, 0.1) is 5.92 Å². The van der Waals surface area contributed by atoms with E-state index in [9.17, 15) is 14.7 Å². The molecule has 0 spiro atoms. The summed E-state index contributed by atoms with van der Waals surface area (Å²) >= 11 is 0. The molecule has 2 rings (SSSR count). The van der Waals surface area contributed by atoms with Gasteiger partial charge in [0.25, 0.3) is 11.8 Å². The molecule has 5 nitrogen and oxygen atoms in total. The smallest absolute Gasteiger partial charge is 0.255 e. The first-order valence-corrected chi connectivity index (χ1v) is 5.70. The second-order valence-corrected chi connectivity index (χ2v) is 4.66. The molecule has 0 aromatic carbocycles. The Hall–Kier alpha value is -0.940. The van der Waals surface area contributed by atoms with E-state index in [0.717, 1.165) is 12.8 Å². The maximum Gasteiger partial charge on any atom is 0.255 e. The Kier molecular flexibility index (Phi) is 3.25. The highest BCUT2D eigenvalue weighted by molar-refractivity contribution is 5.98. The number of carbonyl (C=O) groups is 2.